The molecule has 2 rings (SSSR count). The minimum Gasteiger partial charge on any atom is -0.491 e. The molecule has 0 aliphatic carbocycles. The maximum Gasteiger partial charge on any atom is 0.258 e. The van der Waals surface area contributed by atoms with Crippen LogP contribution in [0.25, 0.3) is 0 Å². The van der Waals surface area contributed by atoms with E-state index in [-0.39, 0.29) is 24.7 Å². The van der Waals surface area contributed by atoms with Gasteiger partial charge < -0.3 is 19.5 Å². The number of para-hydroxylation sites is 2. The number of ether oxygens (including phenoxy) is 3. The molecule has 140 valence electrons. The standard InChI is InChI=1S/C21H27NO4/c1-5-24-19-11-6-7-12-20(19)25-14-21(23)22-16(4)17-9-8-10-18(13-17)26-15(2)3/h6-13,15-16H,5,14H2,1-4H3,(H,22,23). The summed E-state index contributed by atoms with van der Waals surface area (Å²) >= 11 is 0. The topological polar surface area (TPSA) is 56.8 Å². The lowest BCUT2D eigenvalue weighted by molar-refractivity contribution is -0.123. The van der Waals surface area contributed by atoms with Crippen molar-refractivity contribution in [2.75, 3.05) is 13.2 Å². The molecule has 0 saturated heterocycles. The van der Waals surface area contributed by atoms with E-state index >= 15 is 0 Å². The molecule has 26 heavy (non-hydrogen) atoms. The van der Waals surface area contributed by atoms with E-state index in [2.05, 4.69) is 5.32 Å². The molecule has 1 N–H and O–H groups in total. The SMILES string of the molecule is CCOc1ccccc1OCC(=O)NC(C)c1cccc(OC(C)C)c1. The molecule has 2 aromatic carbocycles. The van der Waals surface area contributed by atoms with Crippen LogP contribution in [0.15, 0.2) is 48.5 Å². The summed E-state index contributed by atoms with van der Waals surface area (Å²) in [7, 11) is 0. The Morgan fingerprint density at radius 2 is 1.69 bits per heavy atom. The van der Waals surface area contributed by atoms with Crippen LogP contribution in [0, 0.1) is 0 Å². The first-order valence-corrected chi connectivity index (χ1v) is 8.90. The van der Waals surface area contributed by atoms with Crippen LogP contribution in [-0.4, -0.2) is 25.2 Å². The van der Waals surface area contributed by atoms with Gasteiger partial charge in [-0.3, -0.25) is 4.79 Å². The number of nitrogens with one attached hydrogen (secondary N) is 1. The third-order valence-corrected chi connectivity index (χ3v) is 3.62. The van der Waals surface area contributed by atoms with Crippen LogP contribution >= 0.6 is 0 Å². The summed E-state index contributed by atoms with van der Waals surface area (Å²) in [5.41, 5.74) is 0.978. The van der Waals surface area contributed by atoms with Crippen LogP contribution in [0.3, 0.4) is 0 Å². The highest BCUT2D eigenvalue weighted by atomic mass is 16.5. The molecule has 0 saturated carbocycles. The van der Waals surface area contributed by atoms with Crippen molar-refractivity contribution in [1.29, 1.82) is 0 Å². The molecule has 5 heteroatoms. The van der Waals surface area contributed by atoms with E-state index in [1.807, 2.05) is 70.2 Å². The minimum atomic E-state index is -0.195. The molecule has 0 bridgehead atoms. The van der Waals surface area contributed by atoms with Crippen LogP contribution in [0.1, 0.15) is 39.3 Å². The van der Waals surface area contributed by atoms with E-state index < -0.39 is 0 Å². The third-order valence-electron chi connectivity index (χ3n) is 3.62. The molecular weight excluding hydrogens is 330 g/mol. The number of hydrogen-bond donors (Lipinski definition) is 1. The summed E-state index contributed by atoms with van der Waals surface area (Å²) in [5, 5.41) is 2.94. The van der Waals surface area contributed by atoms with E-state index in [1.165, 1.54) is 0 Å². The normalized spacial score (nSPS) is 11.7. The first kappa shape index (κ1) is 19.6. The lowest BCUT2D eigenvalue weighted by Gasteiger charge is -2.17. The molecule has 0 spiro atoms. The highest BCUT2D eigenvalue weighted by Crippen LogP contribution is 2.26. The molecule has 1 unspecified atom stereocenters. The molecule has 1 atom stereocenters. The van der Waals surface area contributed by atoms with E-state index in [1.54, 1.807) is 6.07 Å². The highest BCUT2D eigenvalue weighted by Gasteiger charge is 2.12. The van der Waals surface area contributed by atoms with E-state index in [9.17, 15) is 4.79 Å². The molecular formula is C21H27NO4. The molecule has 0 radical (unpaired) electrons. The first-order chi connectivity index (χ1) is 12.5. The Morgan fingerprint density at radius 1 is 1.00 bits per heavy atom. The van der Waals surface area contributed by atoms with Gasteiger partial charge in [-0.1, -0.05) is 24.3 Å². The van der Waals surface area contributed by atoms with Crippen molar-refractivity contribution in [3.05, 3.63) is 54.1 Å². The molecule has 1 amide bonds. The van der Waals surface area contributed by atoms with Gasteiger partial charge in [-0.05, 0) is 57.5 Å². The van der Waals surface area contributed by atoms with Gasteiger partial charge >= 0.3 is 0 Å². The lowest BCUT2D eigenvalue weighted by Crippen LogP contribution is -2.31. The number of carbonyl (C=O) groups excluding carboxylic acids is 1. The number of amides is 1. The number of hydrogen-bond acceptors (Lipinski definition) is 4. The number of carbonyl (C=O) groups is 1. The van der Waals surface area contributed by atoms with Gasteiger partial charge in [0.15, 0.2) is 18.1 Å². The van der Waals surface area contributed by atoms with Gasteiger partial charge in [0.1, 0.15) is 5.75 Å². The Morgan fingerprint density at radius 3 is 2.35 bits per heavy atom. The average molecular weight is 357 g/mol. The van der Waals surface area contributed by atoms with E-state index in [4.69, 9.17) is 14.2 Å². The Labute approximate surface area is 155 Å². The molecule has 0 aliphatic rings. The largest absolute Gasteiger partial charge is 0.491 e. The second-order valence-electron chi connectivity index (χ2n) is 6.20. The predicted octanol–water partition coefficient (Wildman–Crippen LogP) is 4.13. The quantitative estimate of drug-likeness (QED) is 0.733. The summed E-state index contributed by atoms with van der Waals surface area (Å²) in [4.78, 5) is 12.2. The third kappa shape index (κ3) is 5.99. The summed E-state index contributed by atoms with van der Waals surface area (Å²) in [6.07, 6.45) is 0.106. The van der Waals surface area contributed by atoms with Crippen molar-refractivity contribution in [3.63, 3.8) is 0 Å². The summed E-state index contributed by atoms with van der Waals surface area (Å²) in [6, 6.07) is 14.9. The maximum absolute atomic E-state index is 12.2. The van der Waals surface area contributed by atoms with Gasteiger partial charge in [0.05, 0.1) is 18.8 Å². The fourth-order valence-electron chi connectivity index (χ4n) is 2.48. The summed E-state index contributed by atoms with van der Waals surface area (Å²) in [6.45, 7) is 8.27. The van der Waals surface area contributed by atoms with Crippen LogP contribution in [-0.2, 0) is 4.79 Å². The van der Waals surface area contributed by atoms with E-state index in [0.717, 1.165) is 11.3 Å². The van der Waals surface area contributed by atoms with Crippen LogP contribution in [0.4, 0.5) is 0 Å². The number of benzene rings is 2. The van der Waals surface area contributed by atoms with Crippen molar-refractivity contribution in [1.82, 2.24) is 5.32 Å². The fourth-order valence-corrected chi connectivity index (χ4v) is 2.48. The molecule has 2 aromatic rings. The predicted molar refractivity (Wildman–Crippen MR) is 102 cm³/mol. The fraction of sp³-hybridized carbons (Fsp3) is 0.381. The minimum absolute atomic E-state index is 0.0728. The Bertz CT molecular complexity index is 715. The van der Waals surface area contributed by atoms with Gasteiger partial charge in [0, 0.05) is 0 Å². The Balaban J connectivity index is 1.91. The second kappa shape index (κ2) is 9.70. The summed E-state index contributed by atoms with van der Waals surface area (Å²) in [5.74, 6) is 1.79. The lowest BCUT2D eigenvalue weighted by atomic mass is 10.1. The smallest absolute Gasteiger partial charge is 0.258 e. The Kier molecular flexibility index (Phi) is 7.33. The summed E-state index contributed by atoms with van der Waals surface area (Å²) < 4.78 is 16.8. The van der Waals surface area contributed by atoms with Crippen LogP contribution in [0.2, 0.25) is 0 Å². The zero-order valence-corrected chi connectivity index (χ0v) is 15.8. The van der Waals surface area contributed by atoms with Crippen molar-refractivity contribution in [2.45, 2.75) is 39.8 Å². The highest BCUT2D eigenvalue weighted by molar-refractivity contribution is 5.78. The van der Waals surface area contributed by atoms with Crippen molar-refractivity contribution in [2.24, 2.45) is 0 Å². The molecule has 0 aromatic heterocycles. The van der Waals surface area contributed by atoms with Crippen molar-refractivity contribution in [3.8, 4) is 17.2 Å². The molecule has 0 heterocycles. The Hall–Kier alpha value is -2.69. The average Bonchev–Trinajstić information content (AvgIpc) is 2.61. The zero-order valence-electron chi connectivity index (χ0n) is 15.8. The van der Waals surface area contributed by atoms with Gasteiger partial charge in [-0.2, -0.15) is 0 Å². The van der Waals surface area contributed by atoms with Gasteiger partial charge in [-0.15, -0.1) is 0 Å². The molecule has 5 nitrogen and oxygen atoms in total. The molecule has 0 aliphatic heterocycles. The van der Waals surface area contributed by atoms with Crippen LogP contribution < -0.4 is 19.5 Å². The number of rotatable bonds is 9. The second-order valence-corrected chi connectivity index (χ2v) is 6.20. The monoisotopic (exact) mass is 357 g/mol. The van der Waals surface area contributed by atoms with Gasteiger partial charge in [-0.25, -0.2) is 0 Å². The van der Waals surface area contributed by atoms with Crippen molar-refractivity contribution >= 4 is 5.91 Å². The van der Waals surface area contributed by atoms with Gasteiger partial charge in [0.2, 0.25) is 0 Å². The van der Waals surface area contributed by atoms with Crippen molar-refractivity contribution < 1.29 is 19.0 Å². The van der Waals surface area contributed by atoms with Crippen LogP contribution in [0.5, 0.6) is 17.2 Å². The van der Waals surface area contributed by atoms with Gasteiger partial charge in [0.25, 0.3) is 5.91 Å². The molecule has 0 fully saturated rings. The van der Waals surface area contributed by atoms with E-state index in [0.29, 0.717) is 18.1 Å². The first-order valence-electron chi connectivity index (χ1n) is 8.90. The zero-order chi connectivity index (χ0) is 18.9. The maximum atomic E-state index is 12.2.